The van der Waals surface area contributed by atoms with Crippen LogP contribution in [0.1, 0.15) is 23.1 Å². The zero-order valence-electron chi connectivity index (χ0n) is 14.8. The lowest BCUT2D eigenvalue weighted by molar-refractivity contribution is -0.130. The van der Waals surface area contributed by atoms with Gasteiger partial charge < -0.3 is 10.0 Å². The number of nitrogens with zero attached hydrogens (tertiary/aromatic N) is 3. The number of carbonyl (C=O) groups is 1. The number of β-amino-alcohol motifs (C(OH)–C–C–N with tert-alkyl or cyclic N) is 1. The minimum absolute atomic E-state index is 0.0584. The van der Waals surface area contributed by atoms with Crippen LogP contribution in [0.4, 0.5) is 0 Å². The summed E-state index contributed by atoms with van der Waals surface area (Å²) < 4.78 is 1.70. The first-order valence-corrected chi connectivity index (χ1v) is 8.70. The maximum atomic E-state index is 12.3. The molecule has 1 aliphatic rings. The maximum Gasteiger partial charge on any atom is 0.246 e. The van der Waals surface area contributed by atoms with Gasteiger partial charge in [-0.3, -0.25) is 9.48 Å². The van der Waals surface area contributed by atoms with Crippen LogP contribution in [0.25, 0.3) is 6.08 Å². The number of piperidine rings is 1. The van der Waals surface area contributed by atoms with Crippen molar-refractivity contribution in [2.24, 2.45) is 13.0 Å². The summed E-state index contributed by atoms with van der Waals surface area (Å²) in [5.41, 5.74) is 3.38. The van der Waals surface area contributed by atoms with Crippen LogP contribution in [0, 0.1) is 12.8 Å². The molecule has 0 radical (unpaired) electrons. The van der Waals surface area contributed by atoms with Crippen LogP contribution >= 0.6 is 0 Å². The van der Waals surface area contributed by atoms with E-state index in [1.54, 1.807) is 27.9 Å². The average Bonchev–Trinajstić information content (AvgIpc) is 3.00. The molecule has 1 saturated heterocycles. The lowest BCUT2D eigenvalue weighted by Crippen LogP contribution is -2.46. The van der Waals surface area contributed by atoms with Gasteiger partial charge in [-0.05, 0) is 37.3 Å². The molecule has 0 spiro atoms. The summed E-state index contributed by atoms with van der Waals surface area (Å²) in [5, 5.41) is 14.6. The quantitative estimate of drug-likeness (QED) is 0.869. The van der Waals surface area contributed by atoms with Crippen molar-refractivity contribution in [2.75, 3.05) is 13.1 Å². The van der Waals surface area contributed by atoms with Gasteiger partial charge in [0.2, 0.25) is 5.91 Å². The van der Waals surface area contributed by atoms with Crippen LogP contribution in [0.5, 0.6) is 0 Å². The Morgan fingerprint density at radius 3 is 2.96 bits per heavy atom. The van der Waals surface area contributed by atoms with Crippen LogP contribution in [0.3, 0.4) is 0 Å². The number of rotatable bonds is 4. The number of hydrogen-bond donors (Lipinski definition) is 1. The van der Waals surface area contributed by atoms with Gasteiger partial charge in [0.05, 0.1) is 12.3 Å². The van der Waals surface area contributed by atoms with Crippen molar-refractivity contribution < 1.29 is 9.90 Å². The molecule has 25 heavy (non-hydrogen) atoms. The second kappa shape index (κ2) is 7.66. The first-order valence-electron chi connectivity index (χ1n) is 8.70. The number of amides is 1. The Hall–Kier alpha value is -2.40. The molecule has 0 unspecified atom stereocenters. The lowest BCUT2D eigenvalue weighted by Gasteiger charge is -2.35. The van der Waals surface area contributed by atoms with Gasteiger partial charge in [0.25, 0.3) is 0 Å². The van der Waals surface area contributed by atoms with Crippen molar-refractivity contribution in [1.29, 1.82) is 0 Å². The number of likely N-dealkylation sites (tertiary alicyclic amines) is 1. The van der Waals surface area contributed by atoms with E-state index < -0.39 is 6.10 Å². The molecule has 5 nitrogen and oxygen atoms in total. The number of aromatic nitrogens is 2. The van der Waals surface area contributed by atoms with Gasteiger partial charge in [-0.1, -0.05) is 29.8 Å². The third kappa shape index (κ3) is 4.57. The minimum atomic E-state index is -0.481. The van der Waals surface area contributed by atoms with E-state index in [0.29, 0.717) is 13.1 Å². The smallest absolute Gasteiger partial charge is 0.246 e. The third-order valence-corrected chi connectivity index (χ3v) is 4.76. The fourth-order valence-corrected chi connectivity index (χ4v) is 3.36. The molecule has 1 aliphatic heterocycles. The molecule has 1 N–H and O–H groups in total. The molecule has 1 fully saturated rings. The van der Waals surface area contributed by atoms with Gasteiger partial charge in [-0.2, -0.15) is 5.10 Å². The van der Waals surface area contributed by atoms with Crippen LogP contribution in [0.15, 0.2) is 42.7 Å². The zero-order chi connectivity index (χ0) is 17.8. The first kappa shape index (κ1) is 17.4. The molecule has 1 aromatic carbocycles. The summed E-state index contributed by atoms with van der Waals surface area (Å²) in [4.78, 5) is 14.1. The molecular weight excluding hydrogens is 314 g/mol. The van der Waals surface area contributed by atoms with E-state index in [9.17, 15) is 9.90 Å². The van der Waals surface area contributed by atoms with Crippen molar-refractivity contribution in [1.82, 2.24) is 14.7 Å². The molecule has 5 heteroatoms. The number of benzene rings is 1. The Morgan fingerprint density at radius 2 is 2.28 bits per heavy atom. The van der Waals surface area contributed by atoms with Crippen LogP contribution < -0.4 is 0 Å². The Morgan fingerprint density at radius 1 is 1.44 bits per heavy atom. The topological polar surface area (TPSA) is 58.4 Å². The maximum absolute atomic E-state index is 12.3. The summed E-state index contributed by atoms with van der Waals surface area (Å²) in [5.74, 6) is 0.144. The summed E-state index contributed by atoms with van der Waals surface area (Å²) in [6.45, 7) is 3.16. The van der Waals surface area contributed by atoms with Crippen molar-refractivity contribution >= 4 is 12.0 Å². The number of aliphatic hydroxyl groups is 1. The predicted molar refractivity (Wildman–Crippen MR) is 97.8 cm³/mol. The lowest BCUT2D eigenvalue weighted by atomic mass is 9.87. The van der Waals surface area contributed by atoms with Gasteiger partial charge in [-0.25, -0.2) is 0 Å². The molecule has 1 amide bonds. The number of aryl methyl sites for hydroxylation is 2. The highest BCUT2D eigenvalue weighted by atomic mass is 16.3. The molecular formula is C20H25N3O2. The molecule has 0 aliphatic carbocycles. The van der Waals surface area contributed by atoms with Gasteiger partial charge in [0, 0.05) is 38.0 Å². The fourth-order valence-electron chi connectivity index (χ4n) is 3.36. The molecule has 3 rings (SSSR count). The highest BCUT2D eigenvalue weighted by Gasteiger charge is 2.29. The second-order valence-corrected chi connectivity index (χ2v) is 6.87. The van der Waals surface area contributed by atoms with E-state index in [2.05, 4.69) is 36.3 Å². The molecule has 2 atom stereocenters. The SMILES string of the molecule is Cc1cccc(C[C@H]2CCN(C(=O)/C=C/c3cnn(C)c3)C[C@H]2O)c1. The Kier molecular flexibility index (Phi) is 5.34. The highest BCUT2D eigenvalue weighted by molar-refractivity contribution is 5.91. The first-order chi connectivity index (χ1) is 12.0. The average molecular weight is 339 g/mol. The third-order valence-electron chi connectivity index (χ3n) is 4.76. The van der Waals surface area contributed by atoms with E-state index in [4.69, 9.17) is 0 Å². The van der Waals surface area contributed by atoms with E-state index in [1.165, 1.54) is 11.1 Å². The number of hydrogen-bond acceptors (Lipinski definition) is 3. The molecule has 132 valence electrons. The summed E-state index contributed by atoms with van der Waals surface area (Å²) in [6, 6.07) is 8.41. The van der Waals surface area contributed by atoms with Crippen molar-refractivity contribution in [2.45, 2.75) is 25.9 Å². The summed E-state index contributed by atoms with van der Waals surface area (Å²) >= 11 is 0. The highest BCUT2D eigenvalue weighted by Crippen LogP contribution is 2.23. The van der Waals surface area contributed by atoms with Crippen molar-refractivity contribution in [3.05, 3.63) is 59.4 Å². The molecule has 2 aromatic rings. The molecule has 0 saturated carbocycles. The Labute approximate surface area is 148 Å². The summed E-state index contributed by atoms with van der Waals surface area (Å²) in [7, 11) is 1.84. The summed E-state index contributed by atoms with van der Waals surface area (Å²) in [6.07, 6.45) is 8.09. The van der Waals surface area contributed by atoms with Crippen LogP contribution in [-0.2, 0) is 18.3 Å². The van der Waals surface area contributed by atoms with E-state index in [0.717, 1.165) is 18.4 Å². The minimum Gasteiger partial charge on any atom is -0.391 e. The van der Waals surface area contributed by atoms with Crippen LogP contribution in [-0.4, -0.2) is 44.9 Å². The molecule has 2 heterocycles. The van der Waals surface area contributed by atoms with Gasteiger partial charge in [-0.15, -0.1) is 0 Å². The number of carbonyl (C=O) groups excluding carboxylic acids is 1. The van der Waals surface area contributed by atoms with Gasteiger partial charge >= 0.3 is 0 Å². The normalized spacial score (nSPS) is 21.0. The monoisotopic (exact) mass is 339 g/mol. The number of aliphatic hydroxyl groups excluding tert-OH is 1. The Bertz CT molecular complexity index is 766. The zero-order valence-corrected chi connectivity index (χ0v) is 14.8. The fraction of sp³-hybridized carbons (Fsp3) is 0.400. The molecule has 0 bridgehead atoms. The Balaban J connectivity index is 1.55. The van der Waals surface area contributed by atoms with E-state index in [1.807, 2.05) is 13.2 Å². The standard InChI is InChI=1S/C20H25N3O2/c1-15-4-3-5-16(10-15)11-18-8-9-23(14-19(18)24)20(25)7-6-17-12-21-22(2)13-17/h3-7,10,12-13,18-19,24H,8-9,11,14H2,1-2H3/b7-6+/t18-,19-/m1/s1. The largest absolute Gasteiger partial charge is 0.391 e. The van der Waals surface area contributed by atoms with Gasteiger partial charge in [0.15, 0.2) is 0 Å². The van der Waals surface area contributed by atoms with E-state index >= 15 is 0 Å². The predicted octanol–water partition coefficient (Wildman–Crippen LogP) is 2.19. The van der Waals surface area contributed by atoms with Gasteiger partial charge in [0.1, 0.15) is 0 Å². The van der Waals surface area contributed by atoms with Crippen molar-refractivity contribution in [3.8, 4) is 0 Å². The second-order valence-electron chi connectivity index (χ2n) is 6.87. The molecule has 1 aromatic heterocycles. The van der Waals surface area contributed by atoms with Crippen LogP contribution in [0.2, 0.25) is 0 Å². The van der Waals surface area contributed by atoms with E-state index in [-0.39, 0.29) is 11.8 Å². The van der Waals surface area contributed by atoms with Crippen molar-refractivity contribution in [3.63, 3.8) is 0 Å².